The van der Waals surface area contributed by atoms with E-state index in [2.05, 4.69) is 96.9 Å². The summed E-state index contributed by atoms with van der Waals surface area (Å²) in [7, 11) is 0. The lowest BCUT2D eigenvalue weighted by Gasteiger charge is -2.37. The minimum atomic E-state index is 0.852. The molecular weight excluding hydrogens is 480 g/mol. The molecule has 0 heterocycles. The third-order valence-corrected chi connectivity index (χ3v) is 11.4. The highest BCUT2D eigenvalue weighted by molar-refractivity contribution is 4.80. The van der Waals surface area contributed by atoms with Crippen molar-refractivity contribution < 1.29 is 0 Å². The molecule has 0 unspecified atom stereocenters. The van der Waals surface area contributed by atoms with Crippen molar-refractivity contribution in [1.29, 1.82) is 0 Å². The molecule has 4 rings (SSSR count). The van der Waals surface area contributed by atoms with E-state index in [1.54, 1.807) is 0 Å². The molecule has 0 atom stereocenters. The highest BCUT2D eigenvalue weighted by Gasteiger charge is 2.29. The van der Waals surface area contributed by atoms with Gasteiger partial charge in [0.15, 0.2) is 0 Å². The van der Waals surface area contributed by atoms with Crippen LogP contribution < -0.4 is 0 Å². The van der Waals surface area contributed by atoms with E-state index < -0.39 is 0 Å². The second kappa shape index (κ2) is 22.5. The van der Waals surface area contributed by atoms with Crippen molar-refractivity contribution in [3.63, 3.8) is 0 Å². The molecule has 0 aliphatic heterocycles. The predicted octanol–water partition coefficient (Wildman–Crippen LogP) is 14.1. The molecule has 0 saturated heterocycles. The molecule has 4 fully saturated rings. The van der Waals surface area contributed by atoms with Gasteiger partial charge in [0.05, 0.1) is 0 Å². The van der Waals surface area contributed by atoms with Crippen molar-refractivity contribution in [2.24, 2.45) is 71.0 Å². The monoisotopic (exact) mass is 563 g/mol. The molecule has 0 N–H and O–H groups in total. The number of hydrogen-bond donors (Lipinski definition) is 0. The summed E-state index contributed by atoms with van der Waals surface area (Å²) in [5.74, 6) is 11.8. The third kappa shape index (κ3) is 18.5. The Morgan fingerprint density at radius 2 is 0.725 bits per heavy atom. The van der Waals surface area contributed by atoms with Gasteiger partial charge in [0, 0.05) is 0 Å². The fourth-order valence-electron chi connectivity index (χ4n) is 6.60. The molecule has 242 valence electrons. The van der Waals surface area contributed by atoms with Crippen LogP contribution in [0.25, 0.3) is 0 Å². The van der Waals surface area contributed by atoms with Crippen LogP contribution in [-0.4, -0.2) is 0 Å². The van der Waals surface area contributed by atoms with Gasteiger partial charge >= 0.3 is 0 Å². The van der Waals surface area contributed by atoms with Crippen LogP contribution in [0.15, 0.2) is 0 Å². The summed E-state index contributed by atoms with van der Waals surface area (Å²) in [6.07, 6.45) is 20.8. The minimum absolute atomic E-state index is 0.852. The Hall–Kier alpha value is 0. The highest BCUT2D eigenvalue weighted by atomic mass is 14.3. The second-order valence-corrected chi connectivity index (χ2v) is 16.7. The van der Waals surface area contributed by atoms with E-state index in [4.69, 9.17) is 0 Å². The summed E-state index contributed by atoms with van der Waals surface area (Å²) in [6.45, 7) is 32.4. The molecule has 0 heteroatoms. The maximum absolute atomic E-state index is 2.36. The molecule has 0 nitrogen and oxygen atoms in total. The Morgan fingerprint density at radius 3 is 0.925 bits per heavy atom. The molecule has 0 spiro atoms. The molecule has 0 aromatic carbocycles. The summed E-state index contributed by atoms with van der Waals surface area (Å²) in [6, 6.07) is 0. The van der Waals surface area contributed by atoms with Crippen LogP contribution in [0, 0.1) is 71.0 Å². The van der Waals surface area contributed by atoms with E-state index in [9.17, 15) is 0 Å². The normalized spacial score (nSPS) is 26.7. The minimum Gasteiger partial charge on any atom is -0.0651 e. The molecule has 40 heavy (non-hydrogen) atoms. The Morgan fingerprint density at radius 1 is 0.425 bits per heavy atom. The SMILES string of the molecule is CC(C)C(C)C.CC(C)C1CCCC1.CC(C)C1CCCCC1.CC1CC(C(C)C)C1.CCC1CC(C(C)C)C1. The van der Waals surface area contributed by atoms with Crippen LogP contribution in [0.2, 0.25) is 0 Å². The van der Waals surface area contributed by atoms with E-state index in [0.717, 1.165) is 71.0 Å². The zero-order valence-corrected chi connectivity index (χ0v) is 30.8. The molecule has 0 radical (unpaired) electrons. The Labute approximate surface area is 257 Å². The zero-order valence-electron chi connectivity index (χ0n) is 30.8. The van der Waals surface area contributed by atoms with Gasteiger partial charge in [0.1, 0.15) is 0 Å². The Balaban J connectivity index is 0.000000479. The second-order valence-electron chi connectivity index (χ2n) is 16.7. The molecule has 0 aromatic rings. The van der Waals surface area contributed by atoms with Crippen molar-refractivity contribution >= 4 is 0 Å². The maximum Gasteiger partial charge on any atom is -0.0386 e. The summed E-state index contributed by atoms with van der Waals surface area (Å²) in [5.41, 5.74) is 0. The highest BCUT2D eigenvalue weighted by Crippen LogP contribution is 2.40. The third-order valence-electron chi connectivity index (χ3n) is 11.4. The standard InChI is InChI=1S/2C9H18.2C8H16.C6H14/c1-8(2)9-6-4-3-5-7-9;1-4-8-5-9(6-8)7(2)3;1-6(2)8-4-7(3)5-8;1-7(2)8-5-3-4-6-8;1-5(2)6(3)4/h8-9H,3-7H2,1-2H3;7-9H,4-6H2,1-3H3;6-8H,4-5H2,1-3H3;7-8H,3-6H2,1-2H3;5-6H,1-4H3. The fraction of sp³-hybridized carbons (Fsp3) is 1.00. The van der Waals surface area contributed by atoms with Crippen LogP contribution in [0.3, 0.4) is 0 Å². The molecule has 4 saturated carbocycles. The topological polar surface area (TPSA) is 0 Å². The number of hydrogen-bond acceptors (Lipinski definition) is 0. The quantitative estimate of drug-likeness (QED) is 0.302. The first-order valence-corrected chi connectivity index (χ1v) is 18.7. The van der Waals surface area contributed by atoms with E-state index in [1.807, 2.05) is 0 Å². The van der Waals surface area contributed by atoms with Gasteiger partial charge < -0.3 is 0 Å². The average molecular weight is 563 g/mol. The van der Waals surface area contributed by atoms with Gasteiger partial charge in [-0.3, -0.25) is 0 Å². The predicted molar refractivity (Wildman–Crippen MR) is 186 cm³/mol. The van der Waals surface area contributed by atoms with Crippen molar-refractivity contribution in [2.75, 3.05) is 0 Å². The van der Waals surface area contributed by atoms with Crippen molar-refractivity contribution in [3.8, 4) is 0 Å². The molecule has 4 aliphatic carbocycles. The lowest BCUT2D eigenvalue weighted by molar-refractivity contribution is 0.138. The maximum atomic E-state index is 2.36. The van der Waals surface area contributed by atoms with Crippen LogP contribution in [-0.2, 0) is 0 Å². The van der Waals surface area contributed by atoms with E-state index in [0.29, 0.717) is 0 Å². The summed E-state index contributed by atoms with van der Waals surface area (Å²) < 4.78 is 0. The van der Waals surface area contributed by atoms with Crippen LogP contribution in [0.4, 0.5) is 0 Å². The molecule has 0 aromatic heterocycles. The summed E-state index contributed by atoms with van der Waals surface area (Å²) in [5, 5.41) is 0. The van der Waals surface area contributed by atoms with Gasteiger partial charge in [-0.05, 0) is 96.7 Å². The molecule has 0 bridgehead atoms. The summed E-state index contributed by atoms with van der Waals surface area (Å²) >= 11 is 0. The first kappa shape index (κ1) is 40.0. The zero-order chi connectivity index (χ0) is 30.8. The van der Waals surface area contributed by atoms with E-state index >= 15 is 0 Å². The smallest absolute Gasteiger partial charge is 0.0386 e. The fourth-order valence-corrected chi connectivity index (χ4v) is 6.60. The van der Waals surface area contributed by atoms with Gasteiger partial charge in [0.25, 0.3) is 0 Å². The Bertz CT molecular complexity index is 522. The molecule has 4 aliphatic rings. The molecular formula is C40H82. The first-order valence-electron chi connectivity index (χ1n) is 18.7. The molecule has 0 amide bonds. The van der Waals surface area contributed by atoms with Gasteiger partial charge in [-0.25, -0.2) is 0 Å². The van der Waals surface area contributed by atoms with Gasteiger partial charge in [0.2, 0.25) is 0 Å². The van der Waals surface area contributed by atoms with E-state index in [1.165, 1.54) is 89.9 Å². The lowest BCUT2D eigenvalue weighted by atomic mass is 9.69. The van der Waals surface area contributed by atoms with Crippen molar-refractivity contribution in [3.05, 3.63) is 0 Å². The van der Waals surface area contributed by atoms with Crippen LogP contribution in [0.1, 0.15) is 187 Å². The van der Waals surface area contributed by atoms with Crippen LogP contribution >= 0.6 is 0 Å². The average Bonchev–Trinajstić information content (AvgIpc) is 3.39. The largest absolute Gasteiger partial charge is 0.0651 e. The Kier molecular flexibility index (Phi) is 22.5. The van der Waals surface area contributed by atoms with Gasteiger partial charge in [-0.2, -0.15) is 0 Å². The first-order chi connectivity index (χ1) is 18.7. The van der Waals surface area contributed by atoms with E-state index in [-0.39, 0.29) is 0 Å². The lowest BCUT2D eigenvalue weighted by Crippen LogP contribution is -2.26. The van der Waals surface area contributed by atoms with Gasteiger partial charge in [-0.15, -0.1) is 0 Å². The van der Waals surface area contributed by atoms with Crippen LogP contribution in [0.5, 0.6) is 0 Å². The van der Waals surface area contributed by atoms with Crippen molar-refractivity contribution in [1.82, 2.24) is 0 Å². The van der Waals surface area contributed by atoms with Gasteiger partial charge in [-0.1, -0.05) is 161 Å². The van der Waals surface area contributed by atoms with Crippen molar-refractivity contribution in [2.45, 2.75) is 187 Å². The number of rotatable bonds is 6. The summed E-state index contributed by atoms with van der Waals surface area (Å²) in [4.78, 5) is 0.